The fourth-order valence-corrected chi connectivity index (χ4v) is 4.12. The van der Waals surface area contributed by atoms with Crippen LogP contribution in [0.4, 0.5) is 0 Å². The van der Waals surface area contributed by atoms with Crippen molar-refractivity contribution in [2.45, 2.75) is 6.54 Å². The molecule has 2 heterocycles. The Morgan fingerprint density at radius 3 is 2.76 bits per heavy atom. The summed E-state index contributed by atoms with van der Waals surface area (Å²) in [6.07, 6.45) is 1.58. The van der Waals surface area contributed by atoms with Gasteiger partial charge in [-0.15, -0.1) is 11.3 Å². The first kappa shape index (κ1) is 16.6. The Morgan fingerprint density at radius 2 is 1.92 bits per heavy atom. The van der Waals surface area contributed by atoms with E-state index in [1.807, 2.05) is 41.8 Å². The molecule has 0 aliphatic heterocycles. The predicted octanol–water partition coefficient (Wildman–Crippen LogP) is 5.09. The Hall–Kier alpha value is -1.83. The number of nitrogens with zero attached hydrogens (tertiary/aromatic N) is 3. The molecule has 0 spiro atoms. The molecule has 124 valence electrons. The maximum Gasteiger partial charge on any atom is 0.261 e. The topological polar surface area (TPSA) is 47.8 Å². The van der Waals surface area contributed by atoms with Crippen LogP contribution in [-0.2, 0) is 6.54 Å². The summed E-state index contributed by atoms with van der Waals surface area (Å²) in [5.41, 5.74) is 2.53. The lowest BCUT2D eigenvalue weighted by Crippen LogP contribution is -2.21. The third-order valence-electron chi connectivity index (χ3n) is 3.74. The van der Waals surface area contributed by atoms with Crippen LogP contribution in [0.1, 0.15) is 5.69 Å². The van der Waals surface area contributed by atoms with E-state index in [0.717, 1.165) is 25.2 Å². The highest BCUT2D eigenvalue weighted by atomic mass is 79.9. The number of hydrogen-bond acceptors (Lipinski definition) is 4. The van der Waals surface area contributed by atoms with Crippen LogP contribution in [0.2, 0.25) is 0 Å². The molecule has 0 bridgehead atoms. The number of rotatable bonds is 3. The summed E-state index contributed by atoms with van der Waals surface area (Å²) in [6.45, 7) is 0.402. The van der Waals surface area contributed by atoms with Gasteiger partial charge in [0.25, 0.3) is 5.56 Å². The Morgan fingerprint density at radius 1 is 1.08 bits per heavy atom. The van der Waals surface area contributed by atoms with Crippen LogP contribution in [0.25, 0.3) is 21.5 Å². The molecule has 4 aromatic rings. The van der Waals surface area contributed by atoms with Crippen molar-refractivity contribution in [3.05, 3.63) is 79.2 Å². The summed E-state index contributed by atoms with van der Waals surface area (Å²) >= 11 is 8.45. The molecule has 2 aromatic carbocycles. The second-order valence-corrected chi connectivity index (χ2v) is 8.18. The molecule has 4 rings (SSSR count). The van der Waals surface area contributed by atoms with E-state index in [9.17, 15) is 4.79 Å². The SMILES string of the molecule is O=c1c2cc(Br)ccc2ncn1Cc1csc(-c2cccc(Br)c2)n1. The van der Waals surface area contributed by atoms with Crippen LogP contribution >= 0.6 is 43.2 Å². The smallest absolute Gasteiger partial charge is 0.261 e. The number of aromatic nitrogens is 3. The first-order valence-corrected chi connectivity index (χ1v) is 9.92. The van der Waals surface area contributed by atoms with Gasteiger partial charge in [-0.2, -0.15) is 0 Å². The van der Waals surface area contributed by atoms with Crippen molar-refractivity contribution in [1.82, 2.24) is 14.5 Å². The van der Waals surface area contributed by atoms with E-state index >= 15 is 0 Å². The van der Waals surface area contributed by atoms with E-state index in [0.29, 0.717) is 17.4 Å². The van der Waals surface area contributed by atoms with E-state index in [4.69, 9.17) is 0 Å². The van der Waals surface area contributed by atoms with E-state index in [1.165, 1.54) is 0 Å². The minimum Gasteiger partial charge on any atom is -0.293 e. The number of fused-ring (bicyclic) bond motifs is 1. The van der Waals surface area contributed by atoms with Gasteiger partial charge in [0.2, 0.25) is 0 Å². The molecule has 0 radical (unpaired) electrons. The normalized spacial score (nSPS) is 11.1. The van der Waals surface area contributed by atoms with Gasteiger partial charge in [0.1, 0.15) is 5.01 Å². The van der Waals surface area contributed by atoms with Gasteiger partial charge in [-0.3, -0.25) is 9.36 Å². The fourth-order valence-electron chi connectivity index (χ4n) is 2.55. The van der Waals surface area contributed by atoms with Gasteiger partial charge in [-0.25, -0.2) is 9.97 Å². The highest BCUT2D eigenvalue weighted by Crippen LogP contribution is 2.26. The van der Waals surface area contributed by atoms with Crippen molar-refractivity contribution < 1.29 is 0 Å². The Bertz CT molecular complexity index is 1140. The van der Waals surface area contributed by atoms with E-state index in [-0.39, 0.29) is 5.56 Å². The lowest BCUT2D eigenvalue weighted by Gasteiger charge is -2.05. The van der Waals surface area contributed by atoms with Crippen molar-refractivity contribution in [2.75, 3.05) is 0 Å². The van der Waals surface area contributed by atoms with Crippen LogP contribution in [0.15, 0.2) is 67.9 Å². The molecule has 0 aliphatic rings. The standard InChI is InChI=1S/C18H11Br2N3OS/c19-12-3-1-2-11(6-12)17-22-14(9-25-17)8-23-10-21-16-5-4-13(20)7-15(16)18(23)24/h1-7,9-10H,8H2. The summed E-state index contributed by atoms with van der Waals surface area (Å²) in [7, 11) is 0. The average molecular weight is 477 g/mol. The molecule has 0 aliphatic carbocycles. The lowest BCUT2D eigenvalue weighted by molar-refractivity contribution is 0.734. The number of halogens is 2. The zero-order chi connectivity index (χ0) is 17.4. The minimum atomic E-state index is -0.0664. The van der Waals surface area contributed by atoms with Gasteiger partial charge in [0.15, 0.2) is 0 Å². The molecule has 0 N–H and O–H groups in total. The molecule has 4 nitrogen and oxygen atoms in total. The zero-order valence-corrected chi connectivity index (χ0v) is 16.8. The quantitative estimate of drug-likeness (QED) is 0.413. The van der Waals surface area contributed by atoms with Crippen molar-refractivity contribution in [3.8, 4) is 10.6 Å². The third kappa shape index (κ3) is 3.44. The molecule has 0 unspecified atom stereocenters. The molecule has 0 saturated carbocycles. The molecular weight excluding hydrogens is 466 g/mol. The summed E-state index contributed by atoms with van der Waals surface area (Å²) in [6, 6.07) is 13.5. The molecular formula is C18H11Br2N3OS. The molecule has 0 saturated heterocycles. The van der Waals surface area contributed by atoms with Crippen molar-refractivity contribution >= 4 is 54.1 Å². The molecule has 25 heavy (non-hydrogen) atoms. The van der Waals surface area contributed by atoms with Gasteiger partial charge in [-0.05, 0) is 30.3 Å². The van der Waals surface area contributed by atoms with E-state index in [1.54, 1.807) is 28.3 Å². The first-order valence-electron chi connectivity index (χ1n) is 7.45. The fraction of sp³-hybridized carbons (Fsp3) is 0.0556. The van der Waals surface area contributed by atoms with Crippen molar-refractivity contribution in [3.63, 3.8) is 0 Å². The number of benzene rings is 2. The maximum absolute atomic E-state index is 12.7. The van der Waals surface area contributed by atoms with E-state index < -0.39 is 0 Å². The van der Waals surface area contributed by atoms with Crippen LogP contribution < -0.4 is 5.56 Å². The van der Waals surface area contributed by atoms with Gasteiger partial charge in [0, 0.05) is 19.9 Å². The molecule has 2 aromatic heterocycles. The summed E-state index contributed by atoms with van der Waals surface area (Å²) in [4.78, 5) is 21.7. The summed E-state index contributed by atoms with van der Waals surface area (Å²) in [5, 5.41) is 3.51. The Balaban J connectivity index is 1.68. The van der Waals surface area contributed by atoms with Crippen LogP contribution in [0.3, 0.4) is 0 Å². The highest BCUT2D eigenvalue weighted by Gasteiger charge is 2.09. The molecule has 7 heteroatoms. The van der Waals surface area contributed by atoms with Gasteiger partial charge in [-0.1, -0.05) is 44.0 Å². The molecule has 0 atom stereocenters. The van der Waals surface area contributed by atoms with E-state index in [2.05, 4.69) is 41.8 Å². The largest absolute Gasteiger partial charge is 0.293 e. The summed E-state index contributed by atoms with van der Waals surface area (Å²) in [5.74, 6) is 0. The average Bonchev–Trinajstić information content (AvgIpc) is 3.07. The number of thiazole rings is 1. The second-order valence-electron chi connectivity index (χ2n) is 5.49. The van der Waals surface area contributed by atoms with Crippen molar-refractivity contribution in [1.29, 1.82) is 0 Å². The first-order chi connectivity index (χ1) is 12.1. The van der Waals surface area contributed by atoms with Gasteiger partial charge >= 0.3 is 0 Å². The lowest BCUT2D eigenvalue weighted by atomic mass is 10.2. The van der Waals surface area contributed by atoms with Gasteiger partial charge < -0.3 is 0 Å². The van der Waals surface area contributed by atoms with Crippen LogP contribution in [0, 0.1) is 0 Å². The zero-order valence-electron chi connectivity index (χ0n) is 12.8. The number of hydrogen-bond donors (Lipinski definition) is 0. The minimum absolute atomic E-state index is 0.0664. The third-order valence-corrected chi connectivity index (χ3v) is 5.67. The Labute approximate surface area is 164 Å². The van der Waals surface area contributed by atoms with Gasteiger partial charge in [0.05, 0.1) is 29.5 Å². The molecule has 0 fully saturated rings. The predicted molar refractivity (Wildman–Crippen MR) is 108 cm³/mol. The second kappa shape index (κ2) is 6.82. The summed E-state index contributed by atoms with van der Waals surface area (Å²) < 4.78 is 3.47. The van der Waals surface area contributed by atoms with Crippen LogP contribution in [0.5, 0.6) is 0 Å². The maximum atomic E-state index is 12.7. The molecule has 0 amide bonds. The Kier molecular flexibility index (Phi) is 4.54. The highest BCUT2D eigenvalue weighted by molar-refractivity contribution is 9.10. The monoisotopic (exact) mass is 475 g/mol. The van der Waals surface area contributed by atoms with Crippen molar-refractivity contribution in [2.24, 2.45) is 0 Å². The van der Waals surface area contributed by atoms with Crippen LogP contribution in [-0.4, -0.2) is 14.5 Å².